The molecule has 0 saturated heterocycles. The Hall–Kier alpha value is -1.76. The van der Waals surface area contributed by atoms with Crippen molar-refractivity contribution in [2.45, 2.75) is 0 Å². The zero-order chi connectivity index (χ0) is 11.1. The van der Waals surface area contributed by atoms with Gasteiger partial charge in [-0.2, -0.15) is 8.42 Å². The van der Waals surface area contributed by atoms with E-state index in [1.54, 1.807) is 4.72 Å². The molecule has 0 saturated carbocycles. The predicted octanol–water partition coefficient (Wildman–Crippen LogP) is 0.0622. The molecule has 0 spiro atoms. The van der Waals surface area contributed by atoms with Crippen LogP contribution in [-0.4, -0.2) is 21.4 Å². The Balaban J connectivity index is 2.55. The quantitative estimate of drug-likeness (QED) is 0.736. The number of carbonyl (C=O) groups is 1. The Morgan fingerprint density at radius 2 is 2.13 bits per heavy atom. The van der Waals surface area contributed by atoms with Crippen LogP contribution in [0.4, 0.5) is 0 Å². The molecule has 0 aromatic heterocycles. The minimum atomic E-state index is -4.01. The summed E-state index contributed by atoms with van der Waals surface area (Å²) in [5.74, 6) is -0.276. The van der Waals surface area contributed by atoms with Gasteiger partial charge in [0.25, 0.3) is 5.91 Å². The van der Waals surface area contributed by atoms with Gasteiger partial charge in [0.05, 0.1) is 12.7 Å². The largest absolute Gasteiger partial charge is 0.497 e. The number of amides is 1. The number of benzene rings is 1. The van der Waals surface area contributed by atoms with E-state index in [1.165, 1.54) is 25.3 Å². The first kappa shape index (κ1) is 9.78. The summed E-state index contributed by atoms with van der Waals surface area (Å²) in [6.07, 6.45) is 0. The van der Waals surface area contributed by atoms with Crippen LogP contribution in [0.15, 0.2) is 18.2 Å². The summed E-state index contributed by atoms with van der Waals surface area (Å²) in [6, 6.07) is 4.27. The molecule has 1 heterocycles. The van der Waals surface area contributed by atoms with Gasteiger partial charge in [0.1, 0.15) is 5.75 Å². The van der Waals surface area contributed by atoms with Gasteiger partial charge in [0, 0.05) is 0 Å². The maximum Gasteiger partial charge on any atom is 0.410 e. The lowest BCUT2D eigenvalue weighted by Gasteiger charge is -2.17. The second kappa shape index (κ2) is 3.13. The molecule has 15 heavy (non-hydrogen) atoms. The van der Waals surface area contributed by atoms with E-state index in [4.69, 9.17) is 4.74 Å². The van der Waals surface area contributed by atoms with Gasteiger partial charge in [-0.05, 0) is 18.2 Å². The van der Waals surface area contributed by atoms with Crippen molar-refractivity contribution in [1.82, 2.24) is 4.72 Å². The molecule has 1 amide bonds. The Kier molecular flexibility index (Phi) is 2.04. The summed E-state index contributed by atoms with van der Waals surface area (Å²) < 4.78 is 33.2. The van der Waals surface area contributed by atoms with Crippen molar-refractivity contribution in [2.75, 3.05) is 7.11 Å². The molecular weight excluding hydrogens is 222 g/mol. The standard InChI is InChI=1S/C8H7NO5S/c1-13-5-2-3-7-6(4-5)8(10)9-15(11,12)14-7/h2-4H,1H3,(H,9,10). The lowest BCUT2D eigenvalue weighted by molar-refractivity contribution is 0.0970. The number of rotatable bonds is 1. The fourth-order valence-corrected chi connectivity index (χ4v) is 1.95. The summed E-state index contributed by atoms with van der Waals surface area (Å²) in [7, 11) is -2.56. The maximum atomic E-state index is 11.3. The molecule has 80 valence electrons. The van der Waals surface area contributed by atoms with E-state index >= 15 is 0 Å². The summed E-state index contributed by atoms with van der Waals surface area (Å²) >= 11 is 0. The van der Waals surface area contributed by atoms with E-state index in [-0.39, 0.29) is 11.3 Å². The third-order valence-electron chi connectivity index (χ3n) is 1.85. The molecule has 1 aromatic carbocycles. The van der Waals surface area contributed by atoms with Crippen LogP contribution >= 0.6 is 0 Å². The smallest absolute Gasteiger partial charge is 0.410 e. The highest BCUT2D eigenvalue weighted by molar-refractivity contribution is 7.85. The number of hydrogen-bond donors (Lipinski definition) is 1. The third-order valence-corrected chi connectivity index (χ3v) is 2.68. The van der Waals surface area contributed by atoms with Crippen LogP contribution in [0.2, 0.25) is 0 Å². The topological polar surface area (TPSA) is 81.7 Å². The van der Waals surface area contributed by atoms with Crippen LogP contribution in [0.5, 0.6) is 11.5 Å². The Labute approximate surface area is 86.1 Å². The molecule has 0 unspecified atom stereocenters. The molecule has 1 aliphatic heterocycles. The maximum absolute atomic E-state index is 11.3. The molecule has 1 aliphatic rings. The van der Waals surface area contributed by atoms with Crippen molar-refractivity contribution in [1.29, 1.82) is 0 Å². The predicted molar refractivity (Wildman–Crippen MR) is 50.0 cm³/mol. The highest BCUT2D eigenvalue weighted by Crippen LogP contribution is 2.27. The Morgan fingerprint density at radius 3 is 2.80 bits per heavy atom. The van der Waals surface area contributed by atoms with Gasteiger partial charge in [-0.1, -0.05) is 0 Å². The van der Waals surface area contributed by atoms with Gasteiger partial charge >= 0.3 is 10.3 Å². The average molecular weight is 229 g/mol. The van der Waals surface area contributed by atoms with E-state index in [2.05, 4.69) is 4.18 Å². The molecule has 0 radical (unpaired) electrons. The van der Waals surface area contributed by atoms with Crippen LogP contribution < -0.4 is 13.6 Å². The molecule has 0 bridgehead atoms. The van der Waals surface area contributed by atoms with Crippen molar-refractivity contribution in [3.05, 3.63) is 23.8 Å². The molecule has 0 atom stereocenters. The number of hydrogen-bond acceptors (Lipinski definition) is 5. The number of ether oxygens (including phenoxy) is 1. The van der Waals surface area contributed by atoms with Gasteiger partial charge in [-0.25, -0.2) is 4.72 Å². The molecule has 2 rings (SSSR count). The number of methoxy groups -OCH3 is 1. The van der Waals surface area contributed by atoms with E-state index in [0.717, 1.165) is 0 Å². The average Bonchev–Trinajstić information content (AvgIpc) is 2.15. The Morgan fingerprint density at radius 1 is 1.40 bits per heavy atom. The number of fused-ring (bicyclic) bond motifs is 1. The van der Waals surface area contributed by atoms with Crippen molar-refractivity contribution in [3.63, 3.8) is 0 Å². The summed E-state index contributed by atoms with van der Waals surface area (Å²) in [4.78, 5) is 11.3. The second-order valence-electron chi connectivity index (χ2n) is 2.83. The lowest BCUT2D eigenvalue weighted by Crippen LogP contribution is -2.38. The van der Waals surface area contributed by atoms with Crippen molar-refractivity contribution >= 4 is 16.2 Å². The van der Waals surface area contributed by atoms with Crippen LogP contribution in [0.1, 0.15) is 10.4 Å². The summed E-state index contributed by atoms with van der Waals surface area (Å²) in [5.41, 5.74) is 0.129. The molecule has 1 N–H and O–H groups in total. The fraction of sp³-hybridized carbons (Fsp3) is 0.125. The minimum Gasteiger partial charge on any atom is -0.497 e. The fourth-order valence-electron chi connectivity index (χ4n) is 1.19. The molecule has 0 fully saturated rings. The van der Waals surface area contributed by atoms with E-state index in [1.807, 2.05) is 0 Å². The van der Waals surface area contributed by atoms with Gasteiger partial charge < -0.3 is 8.92 Å². The summed E-state index contributed by atoms with van der Waals surface area (Å²) in [5, 5.41) is 0. The second-order valence-corrected chi connectivity index (χ2v) is 4.11. The Bertz CT molecular complexity index is 522. The lowest BCUT2D eigenvalue weighted by atomic mass is 10.2. The first-order valence-electron chi connectivity index (χ1n) is 3.96. The zero-order valence-electron chi connectivity index (χ0n) is 7.68. The van der Waals surface area contributed by atoms with Crippen LogP contribution in [0.3, 0.4) is 0 Å². The van der Waals surface area contributed by atoms with Crippen molar-refractivity contribution < 1.29 is 22.1 Å². The number of carbonyl (C=O) groups excluding carboxylic acids is 1. The molecule has 1 aromatic rings. The van der Waals surface area contributed by atoms with E-state index in [9.17, 15) is 13.2 Å². The van der Waals surface area contributed by atoms with E-state index < -0.39 is 16.2 Å². The van der Waals surface area contributed by atoms with Gasteiger partial charge in [0.2, 0.25) is 0 Å². The molecule has 6 nitrogen and oxygen atoms in total. The monoisotopic (exact) mass is 229 g/mol. The van der Waals surface area contributed by atoms with Gasteiger partial charge in [-0.15, -0.1) is 0 Å². The first-order valence-corrected chi connectivity index (χ1v) is 5.37. The molecular formula is C8H7NO5S. The highest BCUT2D eigenvalue weighted by atomic mass is 32.2. The van der Waals surface area contributed by atoms with Crippen molar-refractivity contribution in [2.24, 2.45) is 0 Å². The number of nitrogens with one attached hydrogen (secondary N) is 1. The first-order chi connectivity index (χ1) is 7.02. The van der Waals surface area contributed by atoms with Crippen LogP contribution in [-0.2, 0) is 10.3 Å². The zero-order valence-corrected chi connectivity index (χ0v) is 8.50. The minimum absolute atomic E-state index is 0.000417. The third kappa shape index (κ3) is 1.73. The molecule has 0 aliphatic carbocycles. The van der Waals surface area contributed by atoms with E-state index in [0.29, 0.717) is 5.75 Å². The van der Waals surface area contributed by atoms with Gasteiger partial charge in [0.15, 0.2) is 5.75 Å². The summed E-state index contributed by atoms with van der Waals surface area (Å²) in [6.45, 7) is 0. The van der Waals surface area contributed by atoms with Crippen LogP contribution in [0, 0.1) is 0 Å². The SMILES string of the molecule is COc1ccc2c(c1)C(=O)NS(=O)(=O)O2. The van der Waals surface area contributed by atoms with Crippen LogP contribution in [0.25, 0.3) is 0 Å². The normalized spacial score (nSPS) is 17.3. The highest BCUT2D eigenvalue weighted by Gasteiger charge is 2.28. The molecule has 7 heteroatoms. The van der Waals surface area contributed by atoms with Crippen molar-refractivity contribution in [3.8, 4) is 11.5 Å². The van der Waals surface area contributed by atoms with Gasteiger partial charge in [-0.3, -0.25) is 4.79 Å².